The van der Waals surface area contributed by atoms with E-state index in [1.807, 2.05) is 0 Å². The third-order valence-electron chi connectivity index (χ3n) is 1.67. The molecule has 82 valence electrons. The van der Waals surface area contributed by atoms with E-state index in [2.05, 4.69) is 15.5 Å². The van der Waals surface area contributed by atoms with E-state index in [1.54, 1.807) is 0 Å². The first-order valence-electron chi connectivity index (χ1n) is 4.20. The van der Waals surface area contributed by atoms with Crippen LogP contribution in [0, 0.1) is 0 Å². The van der Waals surface area contributed by atoms with E-state index in [9.17, 15) is 9.59 Å². The lowest BCUT2D eigenvalue weighted by atomic mass is 10.3. The number of ether oxygens (including phenoxy) is 1. The monoisotopic (exact) mass is 213 g/mol. The van der Waals surface area contributed by atoms with Crippen LogP contribution in [-0.2, 0) is 9.53 Å². The van der Waals surface area contributed by atoms with E-state index in [1.165, 1.54) is 7.11 Å². The number of hydrogen-bond donors (Lipinski definition) is 3. The number of anilines is 1. The van der Waals surface area contributed by atoms with Gasteiger partial charge in [-0.3, -0.25) is 9.89 Å². The normalized spacial score (nSPS) is 9.93. The fourth-order valence-corrected chi connectivity index (χ4v) is 0.940. The van der Waals surface area contributed by atoms with Crippen molar-refractivity contribution in [1.29, 1.82) is 0 Å². The molecule has 1 aromatic heterocycles. The molecule has 1 amide bonds. The predicted octanol–water partition coefficient (Wildman–Crippen LogP) is 0.0829. The smallest absolute Gasteiger partial charge is 0.341 e. The number of aromatic nitrogens is 2. The summed E-state index contributed by atoms with van der Waals surface area (Å²) in [7, 11) is 1.48. The zero-order chi connectivity index (χ0) is 11.3. The van der Waals surface area contributed by atoms with Crippen molar-refractivity contribution < 1.29 is 19.4 Å². The first-order valence-corrected chi connectivity index (χ1v) is 4.20. The minimum atomic E-state index is -1.15. The number of nitrogens with one attached hydrogen (secondary N) is 2. The number of hydrogen-bond acceptors (Lipinski definition) is 4. The number of amides is 1. The van der Waals surface area contributed by atoms with Gasteiger partial charge < -0.3 is 15.2 Å². The lowest BCUT2D eigenvalue weighted by Gasteiger charge is -2.02. The molecule has 0 radical (unpaired) electrons. The molecule has 3 N–H and O–H groups in total. The molecule has 1 rings (SSSR count). The molecule has 0 spiro atoms. The summed E-state index contributed by atoms with van der Waals surface area (Å²) in [6.45, 7) is 0.280. The molecule has 7 heteroatoms. The van der Waals surface area contributed by atoms with Crippen molar-refractivity contribution in [3.05, 3.63) is 11.8 Å². The van der Waals surface area contributed by atoms with Crippen LogP contribution in [0.1, 0.15) is 16.8 Å². The molecule has 7 nitrogen and oxygen atoms in total. The van der Waals surface area contributed by atoms with Gasteiger partial charge in [0.2, 0.25) is 5.91 Å². The number of aromatic amines is 1. The summed E-state index contributed by atoms with van der Waals surface area (Å²) in [4.78, 5) is 21.9. The molecule has 0 atom stereocenters. The van der Waals surface area contributed by atoms with Crippen LogP contribution in [0.15, 0.2) is 6.20 Å². The summed E-state index contributed by atoms with van der Waals surface area (Å²) >= 11 is 0. The van der Waals surface area contributed by atoms with Crippen molar-refractivity contribution >= 4 is 17.7 Å². The third-order valence-corrected chi connectivity index (χ3v) is 1.67. The molecule has 1 aromatic rings. The lowest BCUT2D eigenvalue weighted by molar-refractivity contribution is -0.117. The van der Waals surface area contributed by atoms with Gasteiger partial charge in [-0.05, 0) is 0 Å². The number of carbonyl (C=O) groups excluding carboxylic acids is 1. The van der Waals surface area contributed by atoms with E-state index < -0.39 is 5.97 Å². The van der Waals surface area contributed by atoms with Crippen molar-refractivity contribution in [3.63, 3.8) is 0 Å². The van der Waals surface area contributed by atoms with E-state index in [-0.39, 0.29) is 30.3 Å². The predicted molar refractivity (Wildman–Crippen MR) is 50.7 cm³/mol. The minimum absolute atomic E-state index is 0.0687. The highest BCUT2D eigenvalue weighted by Crippen LogP contribution is 2.10. The number of rotatable bonds is 5. The van der Waals surface area contributed by atoms with Gasteiger partial charge in [0.15, 0.2) is 0 Å². The van der Waals surface area contributed by atoms with Crippen LogP contribution in [0.4, 0.5) is 5.82 Å². The van der Waals surface area contributed by atoms with Crippen LogP contribution in [0.2, 0.25) is 0 Å². The molecule has 0 bridgehead atoms. The maximum absolute atomic E-state index is 11.2. The van der Waals surface area contributed by atoms with Crippen molar-refractivity contribution in [2.24, 2.45) is 0 Å². The number of carbonyl (C=O) groups is 2. The van der Waals surface area contributed by atoms with Gasteiger partial charge in [-0.15, -0.1) is 0 Å². The summed E-state index contributed by atoms with van der Waals surface area (Å²) < 4.78 is 4.71. The Kier molecular flexibility index (Phi) is 3.81. The van der Waals surface area contributed by atoms with Gasteiger partial charge in [-0.1, -0.05) is 0 Å². The number of carboxylic acid groups (broad SMARTS) is 1. The van der Waals surface area contributed by atoms with E-state index in [0.29, 0.717) is 0 Å². The summed E-state index contributed by atoms with van der Waals surface area (Å²) in [6.07, 6.45) is 1.29. The quantitative estimate of drug-likeness (QED) is 0.642. The first kappa shape index (κ1) is 11.2. The molecule has 15 heavy (non-hydrogen) atoms. The van der Waals surface area contributed by atoms with Gasteiger partial charge in [0.1, 0.15) is 11.4 Å². The van der Waals surface area contributed by atoms with Crippen molar-refractivity contribution in [1.82, 2.24) is 10.2 Å². The number of nitrogens with zero attached hydrogens (tertiary/aromatic N) is 1. The molecular formula is C8H11N3O4. The number of carboxylic acids is 1. The summed E-state index contributed by atoms with van der Waals surface area (Å²) in [5, 5.41) is 17.0. The lowest BCUT2D eigenvalue weighted by Crippen LogP contribution is -2.15. The third kappa shape index (κ3) is 3.06. The van der Waals surface area contributed by atoms with Crippen LogP contribution in [0.3, 0.4) is 0 Å². The highest BCUT2D eigenvalue weighted by atomic mass is 16.5. The number of methoxy groups -OCH3 is 1. The van der Waals surface area contributed by atoms with Crippen molar-refractivity contribution in [2.45, 2.75) is 6.42 Å². The Morgan fingerprint density at radius 1 is 1.67 bits per heavy atom. The summed E-state index contributed by atoms with van der Waals surface area (Å²) in [5.41, 5.74) is -0.0687. The van der Waals surface area contributed by atoms with Crippen LogP contribution >= 0.6 is 0 Å². The number of H-pyrrole nitrogens is 1. The maximum Gasteiger partial charge on any atom is 0.341 e. The Bertz CT molecular complexity index is 361. The second-order valence-corrected chi connectivity index (χ2v) is 2.75. The largest absolute Gasteiger partial charge is 0.477 e. The average molecular weight is 213 g/mol. The van der Waals surface area contributed by atoms with Crippen LogP contribution in [0.5, 0.6) is 0 Å². The van der Waals surface area contributed by atoms with E-state index in [0.717, 1.165) is 6.20 Å². The molecular weight excluding hydrogens is 202 g/mol. The minimum Gasteiger partial charge on any atom is -0.477 e. The van der Waals surface area contributed by atoms with E-state index >= 15 is 0 Å². The Balaban J connectivity index is 2.60. The Hall–Kier alpha value is -1.89. The highest BCUT2D eigenvalue weighted by molar-refractivity contribution is 5.99. The van der Waals surface area contributed by atoms with Gasteiger partial charge in [0, 0.05) is 7.11 Å². The van der Waals surface area contributed by atoms with Gasteiger partial charge in [0.25, 0.3) is 0 Å². The summed E-state index contributed by atoms with van der Waals surface area (Å²) in [6, 6.07) is 0. The SMILES string of the molecule is COCCC(=O)Nc1[nH]ncc1C(=O)O. The fraction of sp³-hybridized carbons (Fsp3) is 0.375. The molecule has 0 aliphatic rings. The zero-order valence-electron chi connectivity index (χ0n) is 8.11. The molecule has 0 fully saturated rings. The van der Waals surface area contributed by atoms with Crippen molar-refractivity contribution in [3.8, 4) is 0 Å². The first-order chi connectivity index (χ1) is 7.15. The van der Waals surface area contributed by atoms with Gasteiger partial charge in [-0.2, -0.15) is 5.10 Å². The van der Waals surface area contributed by atoms with Crippen LogP contribution in [-0.4, -0.2) is 40.9 Å². The molecule has 0 saturated heterocycles. The Morgan fingerprint density at radius 2 is 2.40 bits per heavy atom. The average Bonchev–Trinajstić information content (AvgIpc) is 2.62. The molecule has 0 saturated carbocycles. The van der Waals surface area contributed by atoms with Crippen LogP contribution < -0.4 is 5.32 Å². The molecule has 0 aromatic carbocycles. The summed E-state index contributed by atoms with van der Waals surface area (Å²) in [5.74, 6) is -1.39. The second kappa shape index (κ2) is 5.11. The Morgan fingerprint density at radius 3 is 3.00 bits per heavy atom. The van der Waals surface area contributed by atoms with Crippen molar-refractivity contribution in [2.75, 3.05) is 19.0 Å². The zero-order valence-corrected chi connectivity index (χ0v) is 8.11. The van der Waals surface area contributed by atoms with Gasteiger partial charge >= 0.3 is 5.97 Å². The topological polar surface area (TPSA) is 104 Å². The highest BCUT2D eigenvalue weighted by Gasteiger charge is 2.14. The second-order valence-electron chi connectivity index (χ2n) is 2.75. The van der Waals surface area contributed by atoms with Crippen LogP contribution in [0.25, 0.3) is 0 Å². The van der Waals surface area contributed by atoms with E-state index in [4.69, 9.17) is 9.84 Å². The maximum atomic E-state index is 11.2. The Labute approximate surface area is 85.4 Å². The molecule has 1 heterocycles. The molecule has 0 unspecified atom stereocenters. The molecule has 0 aliphatic carbocycles. The van der Waals surface area contributed by atoms with Gasteiger partial charge in [0.05, 0.1) is 19.2 Å². The molecule has 0 aliphatic heterocycles. The van der Waals surface area contributed by atoms with Gasteiger partial charge in [-0.25, -0.2) is 4.79 Å². The fourth-order valence-electron chi connectivity index (χ4n) is 0.940. The standard InChI is InChI=1S/C8H11N3O4/c1-15-3-2-6(12)10-7-5(8(13)14)4-9-11-7/h4H,2-3H2,1H3,(H,13,14)(H2,9,10,11,12). The number of aromatic carboxylic acids is 1.